The van der Waals surface area contributed by atoms with Crippen LogP contribution in [0.25, 0.3) is 0 Å². The first-order valence-electron chi connectivity index (χ1n) is 9.53. The van der Waals surface area contributed by atoms with Crippen LogP contribution in [0.1, 0.15) is 19.4 Å². The standard InChI is InChI=1S/C21H29N5O.HI/c1-17(2)27-20-10-9-18(15-23-20)16-24-21(22-3)26-13-11-25(12-14-26)19-7-5-4-6-8-19;/h4-10,15,17H,11-14,16H2,1-3H3,(H,22,24);1H. The maximum atomic E-state index is 5.59. The summed E-state index contributed by atoms with van der Waals surface area (Å²) in [4.78, 5) is 13.5. The molecule has 0 spiro atoms. The molecule has 7 heteroatoms. The lowest BCUT2D eigenvalue weighted by Gasteiger charge is -2.37. The van der Waals surface area contributed by atoms with Crippen LogP contribution in [0.15, 0.2) is 53.7 Å². The molecule has 1 aliphatic heterocycles. The van der Waals surface area contributed by atoms with Crippen molar-refractivity contribution in [3.05, 3.63) is 54.2 Å². The fourth-order valence-electron chi connectivity index (χ4n) is 3.16. The number of ether oxygens (including phenoxy) is 1. The fraction of sp³-hybridized carbons (Fsp3) is 0.429. The van der Waals surface area contributed by atoms with Crippen LogP contribution in [0.2, 0.25) is 0 Å². The van der Waals surface area contributed by atoms with Gasteiger partial charge >= 0.3 is 0 Å². The van der Waals surface area contributed by atoms with Crippen LogP contribution in [-0.2, 0) is 6.54 Å². The first-order valence-corrected chi connectivity index (χ1v) is 9.53. The number of pyridine rings is 1. The van der Waals surface area contributed by atoms with Crippen molar-refractivity contribution in [2.75, 3.05) is 38.1 Å². The van der Waals surface area contributed by atoms with Crippen molar-refractivity contribution < 1.29 is 4.74 Å². The lowest BCUT2D eigenvalue weighted by atomic mass is 10.2. The number of rotatable bonds is 5. The van der Waals surface area contributed by atoms with Crippen LogP contribution >= 0.6 is 24.0 Å². The van der Waals surface area contributed by atoms with Crippen molar-refractivity contribution in [2.24, 2.45) is 4.99 Å². The van der Waals surface area contributed by atoms with Crippen molar-refractivity contribution in [3.8, 4) is 5.88 Å². The van der Waals surface area contributed by atoms with Gasteiger partial charge in [-0.25, -0.2) is 4.98 Å². The third-order valence-corrected chi connectivity index (χ3v) is 4.52. The largest absolute Gasteiger partial charge is 0.475 e. The molecule has 0 atom stereocenters. The third-order valence-electron chi connectivity index (χ3n) is 4.52. The van der Waals surface area contributed by atoms with E-state index in [1.54, 1.807) is 0 Å². The van der Waals surface area contributed by atoms with E-state index in [0.29, 0.717) is 12.4 Å². The minimum atomic E-state index is 0. The SMILES string of the molecule is CN=C(NCc1ccc(OC(C)C)nc1)N1CCN(c2ccccc2)CC1.I. The second-order valence-corrected chi connectivity index (χ2v) is 6.88. The van der Waals surface area contributed by atoms with Gasteiger partial charge in [-0.15, -0.1) is 24.0 Å². The number of nitrogens with one attached hydrogen (secondary N) is 1. The number of halogens is 1. The molecule has 2 heterocycles. The predicted octanol–water partition coefficient (Wildman–Crippen LogP) is 3.38. The summed E-state index contributed by atoms with van der Waals surface area (Å²) in [6.45, 7) is 8.58. The van der Waals surface area contributed by atoms with Gasteiger partial charge < -0.3 is 19.9 Å². The molecule has 1 aromatic heterocycles. The van der Waals surface area contributed by atoms with E-state index in [1.165, 1.54) is 5.69 Å². The lowest BCUT2D eigenvalue weighted by molar-refractivity contribution is 0.232. The second kappa shape index (κ2) is 11.1. The Bertz CT molecular complexity index is 728. The van der Waals surface area contributed by atoms with Gasteiger partial charge in [0.05, 0.1) is 6.10 Å². The van der Waals surface area contributed by atoms with Crippen molar-refractivity contribution >= 4 is 35.6 Å². The molecule has 28 heavy (non-hydrogen) atoms. The van der Waals surface area contributed by atoms with Gasteiger partial charge in [0.1, 0.15) is 0 Å². The third kappa shape index (κ3) is 6.25. The number of aromatic nitrogens is 1. The van der Waals surface area contributed by atoms with Crippen molar-refractivity contribution in [3.63, 3.8) is 0 Å². The highest BCUT2D eigenvalue weighted by Crippen LogP contribution is 2.15. The van der Waals surface area contributed by atoms with E-state index in [0.717, 1.165) is 37.7 Å². The maximum Gasteiger partial charge on any atom is 0.213 e. The summed E-state index contributed by atoms with van der Waals surface area (Å²) in [5.74, 6) is 1.60. The quantitative estimate of drug-likeness (QED) is 0.392. The van der Waals surface area contributed by atoms with Gasteiger partial charge in [0, 0.05) is 57.7 Å². The van der Waals surface area contributed by atoms with Gasteiger partial charge in [0.15, 0.2) is 5.96 Å². The summed E-state index contributed by atoms with van der Waals surface area (Å²) in [5, 5.41) is 3.45. The predicted molar refractivity (Wildman–Crippen MR) is 126 cm³/mol. The number of aliphatic imine (C=N–C) groups is 1. The number of piperazine rings is 1. The molecule has 0 unspecified atom stereocenters. The van der Waals surface area contributed by atoms with Gasteiger partial charge in [0.2, 0.25) is 5.88 Å². The molecule has 2 aromatic rings. The fourth-order valence-corrected chi connectivity index (χ4v) is 3.16. The lowest BCUT2D eigenvalue weighted by Crippen LogP contribution is -2.52. The molecule has 6 nitrogen and oxygen atoms in total. The first-order chi connectivity index (χ1) is 13.2. The summed E-state index contributed by atoms with van der Waals surface area (Å²) in [5.41, 5.74) is 2.39. The average molecular weight is 495 g/mol. The number of hydrogen-bond acceptors (Lipinski definition) is 4. The number of nitrogens with zero attached hydrogens (tertiary/aromatic N) is 4. The monoisotopic (exact) mass is 495 g/mol. The molecule has 3 rings (SSSR count). The number of guanidine groups is 1. The van der Waals surface area contributed by atoms with Crippen LogP contribution in [-0.4, -0.2) is 55.2 Å². The van der Waals surface area contributed by atoms with Crippen molar-refractivity contribution in [1.29, 1.82) is 0 Å². The van der Waals surface area contributed by atoms with Crippen LogP contribution in [0.5, 0.6) is 5.88 Å². The smallest absolute Gasteiger partial charge is 0.213 e. The number of para-hydroxylation sites is 1. The molecular formula is C21H30IN5O. The molecular weight excluding hydrogens is 465 g/mol. The summed E-state index contributed by atoms with van der Waals surface area (Å²) >= 11 is 0. The molecule has 0 bridgehead atoms. The topological polar surface area (TPSA) is 53.0 Å². The van der Waals surface area contributed by atoms with E-state index >= 15 is 0 Å². The number of anilines is 1. The Balaban J connectivity index is 0.00000280. The van der Waals surface area contributed by atoms with E-state index < -0.39 is 0 Å². The van der Waals surface area contributed by atoms with Crippen molar-refractivity contribution in [2.45, 2.75) is 26.5 Å². The van der Waals surface area contributed by atoms with Crippen LogP contribution in [0.4, 0.5) is 5.69 Å². The summed E-state index contributed by atoms with van der Waals surface area (Å²) in [6.07, 6.45) is 1.99. The highest BCUT2D eigenvalue weighted by Gasteiger charge is 2.19. The molecule has 1 aliphatic rings. The highest BCUT2D eigenvalue weighted by molar-refractivity contribution is 14.0. The van der Waals surface area contributed by atoms with Crippen molar-refractivity contribution in [1.82, 2.24) is 15.2 Å². The Labute approximate surface area is 185 Å². The number of benzene rings is 1. The molecule has 1 fully saturated rings. The zero-order chi connectivity index (χ0) is 19.1. The Morgan fingerprint density at radius 1 is 1.11 bits per heavy atom. The van der Waals surface area contributed by atoms with Crippen LogP contribution in [0, 0.1) is 0 Å². The van der Waals surface area contributed by atoms with Gasteiger partial charge in [-0.3, -0.25) is 4.99 Å². The number of hydrogen-bond donors (Lipinski definition) is 1. The normalized spacial score (nSPS) is 14.6. The molecule has 0 amide bonds. The Hall–Kier alpha value is -2.03. The molecule has 1 aromatic carbocycles. The summed E-state index contributed by atoms with van der Waals surface area (Å²) in [7, 11) is 1.84. The van der Waals surface area contributed by atoms with E-state index in [4.69, 9.17) is 4.74 Å². The van der Waals surface area contributed by atoms with Gasteiger partial charge in [-0.1, -0.05) is 24.3 Å². The first kappa shape index (κ1) is 22.3. The highest BCUT2D eigenvalue weighted by atomic mass is 127. The average Bonchev–Trinajstić information content (AvgIpc) is 2.70. The Morgan fingerprint density at radius 3 is 2.39 bits per heavy atom. The minimum absolute atomic E-state index is 0. The van der Waals surface area contributed by atoms with Gasteiger partial charge in [0.25, 0.3) is 0 Å². The van der Waals surface area contributed by atoms with Gasteiger partial charge in [-0.2, -0.15) is 0 Å². The molecule has 1 N–H and O–H groups in total. The Morgan fingerprint density at radius 2 is 1.82 bits per heavy atom. The zero-order valence-electron chi connectivity index (χ0n) is 16.8. The van der Waals surface area contributed by atoms with E-state index in [2.05, 4.69) is 55.4 Å². The molecule has 1 saturated heterocycles. The molecule has 152 valence electrons. The van der Waals surface area contributed by atoms with E-state index in [9.17, 15) is 0 Å². The minimum Gasteiger partial charge on any atom is -0.475 e. The van der Waals surface area contributed by atoms with E-state index in [1.807, 2.05) is 39.2 Å². The summed E-state index contributed by atoms with van der Waals surface area (Å²) < 4.78 is 5.59. The van der Waals surface area contributed by atoms with Crippen LogP contribution < -0.4 is 15.0 Å². The van der Waals surface area contributed by atoms with E-state index in [-0.39, 0.29) is 30.1 Å². The Kier molecular flexibility index (Phi) is 8.82. The molecule has 0 radical (unpaired) electrons. The zero-order valence-corrected chi connectivity index (χ0v) is 19.2. The summed E-state index contributed by atoms with van der Waals surface area (Å²) in [6, 6.07) is 14.5. The molecule has 0 saturated carbocycles. The molecule has 0 aliphatic carbocycles. The van der Waals surface area contributed by atoms with Gasteiger partial charge in [-0.05, 0) is 31.5 Å². The maximum absolute atomic E-state index is 5.59. The second-order valence-electron chi connectivity index (χ2n) is 6.88. The van der Waals surface area contributed by atoms with Crippen LogP contribution in [0.3, 0.4) is 0 Å².